The van der Waals surface area contributed by atoms with Gasteiger partial charge in [0.15, 0.2) is 0 Å². The van der Waals surface area contributed by atoms with Crippen LogP contribution in [0.5, 0.6) is 0 Å². The predicted octanol–water partition coefficient (Wildman–Crippen LogP) is 2.38. The third-order valence-electron chi connectivity index (χ3n) is 3.24. The highest BCUT2D eigenvalue weighted by molar-refractivity contribution is 5.94. The molecule has 0 bridgehead atoms. The maximum Gasteiger partial charge on any atom is 0.251 e. The first-order valence-corrected chi connectivity index (χ1v) is 6.79. The highest BCUT2D eigenvalue weighted by Crippen LogP contribution is 2.12. The van der Waals surface area contributed by atoms with Crippen LogP contribution in [0.1, 0.15) is 33.9 Å². The lowest BCUT2D eigenvalue weighted by Gasteiger charge is -2.12. The highest BCUT2D eigenvalue weighted by atomic mass is 16.1. The molecule has 0 saturated carbocycles. The summed E-state index contributed by atoms with van der Waals surface area (Å²) in [5.74, 6) is -0.153. The topological polar surface area (TPSA) is 78.9 Å². The van der Waals surface area contributed by atoms with E-state index >= 15 is 0 Å². The van der Waals surface area contributed by atoms with E-state index in [0.29, 0.717) is 24.1 Å². The fraction of sp³-hybridized carbons (Fsp3) is 0.176. The Hall–Kier alpha value is -2.64. The van der Waals surface area contributed by atoms with Crippen molar-refractivity contribution in [2.24, 2.45) is 5.73 Å². The molecule has 21 heavy (non-hydrogen) atoms. The quantitative estimate of drug-likeness (QED) is 0.882. The molecule has 0 aliphatic rings. The molecule has 0 radical (unpaired) electrons. The molecule has 0 fully saturated rings. The second kappa shape index (κ2) is 7.22. The molecule has 2 aromatic rings. The van der Waals surface area contributed by atoms with Crippen LogP contribution in [0, 0.1) is 11.3 Å². The largest absolute Gasteiger partial charge is 0.352 e. The van der Waals surface area contributed by atoms with Crippen molar-refractivity contribution >= 4 is 5.91 Å². The number of hydrogen-bond acceptors (Lipinski definition) is 3. The molecule has 2 rings (SSSR count). The van der Waals surface area contributed by atoms with Gasteiger partial charge in [-0.25, -0.2) is 0 Å². The van der Waals surface area contributed by atoms with Gasteiger partial charge in [0.25, 0.3) is 5.91 Å². The Morgan fingerprint density at radius 1 is 1.14 bits per heavy atom. The molecule has 0 spiro atoms. The molecule has 1 amide bonds. The van der Waals surface area contributed by atoms with Crippen molar-refractivity contribution in [3.63, 3.8) is 0 Å². The summed E-state index contributed by atoms with van der Waals surface area (Å²) in [6, 6.07) is 18.3. The van der Waals surface area contributed by atoms with E-state index in [1.807, 2.05) is 36.4 Å². The molecule has 1 unspecified atom stereocenters. The summed E-state index contributed by atoms with van der Waals surface area (Å²) in [4.78, 5) is 11.9. The van der Waals surface area contributed by atoms with E-state index in [0.717, 1.165) is 5.56 Å². The molecular weight excluding hydrogens is 262 g/mol. The van der Waals surface area contributed by atoms with E-state index in [-0.39, 0.29) is 11.9 Å². The molecule has 4 heteroatoms. The maximum atomic E-state index is 11.9. The smallest absolute Gasteiger partial charge is 0.251 e. The van der Waals surface area contributed by atoms with E-state index in [1.54, 1.807) is 24.3 Å². The average Bonchev–Trinajstić information content (AvgIpc) is 2.55. The van der Waals surface area contributed by atoms with Gasteiger partial charge in [-0.2, -0.15) is 5.26 Å². The Morgan fingerprint density at radius 2 is 1.81 bits per heavy atom. The standard InChI is InChI=1S/C17H17N3O/c18-12-13-6-8-15(9-7-13)17(21)20-11-10-16(19)14-4-2-1-3-5-14/h1-9,16H,10-11,19H2,(H,20,21). The fourth-order valence-corrected chi connectivity index (χ4v) is 2.01. The zero-order valence-electron chi connectivity index (χ0n) is 11.6. The van der Waals surface area contributed by atoms with E-state index in [1.165, 1.54) is 0 Å². The van der Waals surface area contributed by atoms with E-state index in [2.05, 4.69) is 5.32 Å². The van der Waals surface area contributed by atoms with Crippen LogP contribution >= 0.6 is 0 Å². The van der Waals surface area contributed by atoms with Gasteiger partial charge >= 0.3 is 0 Å². The fourth-order valence-electron chi connectivity index (χ4n) is 2.01. The lowest BCUT2D eigenvalue weighted by atomic mass is 10.0. The molecule has 0 heterocycles. The minimum atomic E-state index is -0.153. The van der Waals surface area contributed by atoms with Gasteiger partial charge in [0.05, 0.1) is 11.6 Å². The Bertz CT molecular complexity index is 629. The third kappa shape index (κ3) is 4.16. The predicted molar refractivity (Wildman–Crippen MR) is 81.5 cm³/mol. The van der Waals surface area contributed by atoms with Gasteiger partial charge in [0.2, 0.25) is 0 Å². The summed E-state index contributed by atoms with van der Waals surface area (Å²) in [6.45, 7) is 0.509. The molecule has 1 atom stereocenters. The summed E-state index contributed by atoms with van der Waals surface area (Å²) >= 11 is 0. The minimum Gasteiger partial charge on any atom is -0.352 e. The summed E-state index contributed by atoms with van der Waals surface area (Å²) in [7, 11) is 0. The number of carbonyl (C=O) groups excluding carboxylic acids is 1. The Balaban J connectivity index is 1.83. The Labute approximate surface area is 124 Å². The number of nitrogens with one attached hydrogen (secondary N) is 1. The number of hydrogen-bond donors (Lipinski definition) is 2. The van der Waals surface area contributed by atoms with Crippen LogP contribution in [-0.2, 0) is 0 Å². The molecule has 0 aromatic heterocycles. The molecule has 0 aliphatic carbocycles. The molecule has 0 saturated heterocycles. The molecular formula is C17H17N3O. The SMILES string of the molecule is N#Cc1ccc(C(=O)NCCC(N)c2ccccc2)cc1. The highest BCUT2D eigenvalue weighted by Gasteiger charge is 2.08. The normalized spacial score (nSPS) is 11.4. The summed E-state index contributed by atoms with van der Waals surface area (Å²) < 4.78 is 0. The number of amides is 1. The molecule has 4 nitrogen and oxygen atoms in total. The van der Waals surface area contributed by atoms with Crippen LogP contribution in [0.4, 0.5) is 0 Å². The van der Waals surface area contributed by atoms with Gasteiger partial charge in [0, 0.05) is 18.2 Å². The molecule has 106 valence electrons. The Morgan fingerprint density at radius 3 is 2.43 bits per heavy atom. The van der Waals surface area contributed by atoms with Crippen molar-refractivity contribution in [3.8, 4) is 6.07 Å². The van der Waals surface area contributed by atoms with Gasteiger partial charge in [-0.05, 0) is 36.2 Å². The van der Waals surface area contributed by atoms with Crippen LogP contribution in [-0.4, -0.2) is 12.5 Å². The molecule has 2 aromatic carbocycles. The van der Waals surface area contributed by atoms with Crippen molar-refractivity contribution in [2.45, 2.75) is 12.5 Å². The van der Waals surface area contributed by atoms with Gasteiger partial charge in [-0.1, -0.05) is 30.3 Å². The van der Waals surface area contributed by atoms with Crippen molar-refractivity contribution in [1.29, 1.82) is 5.26 Å². The third-order valence-corrected chi connectivity index (χ3v) is 3.24. The number of carbonyl (C=O) groups is 1. The molecule has 0 aliphatic heterocycles. The second-order valence-corrected chi connectivity index (χ2v) is 4.75. The first kappa shape index (κ1) is 14.8. The van der Waals surface area contributed by atoms with Crippen molar-refractivity contribution in [1.82, 2.24) is 5.32 Å². The van der Waals surface area contributed by atoms with Crippen molar-refractivity contribution < 1.29 is 4.79 Å². The van der Waals surface area contributed by atoms with E-state index < -0.39 is 0 Å². The van der Waals surface area contributed by atoms with Gasteiger partial charge in [0.1, 0.15) is 0 Å². The van der Waals surface area contributed by atoms with Crippen LogP contribution in [0.3, 0.4) is 0 Å². The lowest BCUT2D eigenvalue weighted by Crippen LogP contribution is -2.27. The summed E-state index contributed by atoms with van der Waals surface area (Å²) in [5.41, 5.74) is 8.21. The summed E-state index contributed by atoms with van der Waals surface area (Å²) in [5, 5.41) is 11.5. The van der Waals surface area contributed by atoms with Crippen molar-refractivity contribution in [3.05, 3.63) is 71.3 Å². The zero-order valence-corrected chi connectivity index (χ0v) is 11.6. The Kier molecular flexibility index (Phi) is 5.08. The van der Waals surface area contributed by atoms with Gasteiger partial charge in [-0.3, -0.25) is 4.79 Å². The lowest BCUT2D eigenvalue weighted by molar-refractivity contribution is 0.0952. The van der Waals surface area contributed by atoms with E-state index in [4.69, 9.17) is 11.0 Å². The first-order valence-electron chi connectivity index (χ1n) is 6.79. The van der Waals surface area contributed by atoms with Crippen LogP contribution in [0.2, 0.25) is 0 Å². The number of nitrogens with two attached hydrogens (primary N) is 1. The zero-order chi connectivity index (χ0) is 15.1. The first-order chi connectivity index (χ1) is 10.2. The average molecular weight is 279 g/mol. The van der Waals surface area contributed by atoms with Crippen LogP contribution < -0.4 is 11.1 Å². The minimum absolute atomic E-state index is 0.0903. The van der Waals surface area contributed by atoms with E-state index in [9.17, 15) is 4.79 Å². The maximum absolute atomic E-state index is 11.9. The number of nitriles is 1. The monoisotopic (exact) mass is 279 g/mol. The van der Waals surface area contributed by atoms with Crippen molar-refractivity contribution in [2.75, 3.05) is 6.54 Å². The number of benzene rings is 2. The summed E-state index contributed by atoms with van der Waals surface area (Å²) in [6.07, 6.45) is 0.673. The number of nitrogens with zero attached hydrogens (tertiary/aromatic N) is 1. The van der Waals surface area contributed by atoms with Gasteiger partial charge < -0.3 is 11.1 Å². The van der Waals surface area contributed by atoms with Crippen LogP contribution in [0.15, 0.2) is 54.6 Å². The van der Waals surface area contributed by atoms with Crippen LogP contribution in [0.25, 0.3) is 0 Å². The second-order valence-electron chi connectivity index (χ2n) is 4.75. The number of rotatable bonds is 5. The van der Waals surface area contributed by atoms with Gasteiger partial charge in [-0.15, -0.1) is 0 Å². The molecule has 3 N–H and O–H groups in total.